The summed E-state index contributed by atoms with van der Waals surface area (Å²) in [4.78, 5) is 17.2. The van der Waals surface area contributed by atoms with Crippen molar-refractivity contribution in [2.45, 2.75) is 26.2 Å². The number of benzene rings is 2. The molecule has 0 bridgehead atoms. The Balaban J connectivity index is 1.59. The number of carbonyl (C=O) groups excluding carboxylic acids is 1. The lowest BCUT2D eigenvalue weighted by Crippen LogP contribution is -2.17. The molecule has 2 aromatic heterocycles. The van der Waals surface area contributed by atoms with Crippen LogP contribution in [0.15, 0.2) is 73.3 Å². The molecule has 0 aliphatic heterocycles. The highest BCUT2D eigenvalue weighted by atomic mass is 16.5. The summed E-state index contributed by atoms with van der Waals surface area (Å²) < 4.78 is 7.36. The van der Waals surface area contributed by atoms with E-state index in [1.165, 1.54) is 0 Å². The summed E-state index contributed by atoms with van der Waals surface area (Å²) in [5.74, 6) is 0.348. The van der Waals surface area contributed by atoms with E-state index >= 15 is 0 Å². The minimum Gasteiger partial charge on any atom is -0.490 e. The molecule has 0 fully saturated rings. The van der Waals surface area contributed by atoms with Crippen LogP contribution in [0.1, 0.15) is 35.3 Å². The molecule has 36 heavy (non-hydrogen) atoms. The fraction of sp³-hybridized carbons (Fsp3) is 0.214. The van der Waals surface area contributed by atoms with Gasteiger partial charge in [0.2, 0.25) is 0 Å². The van der Waals surface area contributed by atoms with E-state index in [4.69, 9.17) is 9.84 Å². The monoisotopic (exact) mass is 481 g/mol. The molecule has 0 aliphatic rings. The first-order valence-corrected chi connectivity index (χ1v) is 11.5. The number of hydrogen-bond acceptors (Lipinski definition) is 6. The van der Waals surface area contributed by atoms with E-state index in [9.17, 15) is 10.1 Å². The quantitative estimate of drug-likeness (QED) is 0.378. The summed E-state index contributed by atoms with van der Waals surface area (Å²) in [7, 11) is 0. The Labute approximate surface area is 209 Å². The van der Waals surface area contributed by atoms with Gasteiger partial charge in [-0.2, -0.15) is 10.4 Å². The zero-order valence-corrected chi connectivity index (χ0v) is 20.4. The highest BCUT2D eigenvalue weighted by Crippen LogP contribution is 2.30. The molecular weight excluding hydrogens is 454 g/mol. The van der Waals surface area contributed by atoms with E-state index in [1.807, 2.05) is 51.2 Å². The number of aliphatic hydroxyl groups is 1. The van der Waals surface area contributed by atoms with E-state index in [0.29, 0.717) is 17.0 Å². The third kappa shape index (κ3) is 5.27. The first-order valence-electron chi connectivity index (χ1n) is 11.5. The highest BCUT2D eigenvalue weighted by molar-refractivity contribution is 6.04. The number of aromatic nitrogens is 3. The van der Waals surface area contributed by atoms with Crippen LogP contribution < -0.4 is 10.1 Å². The average molecular weight is 482 g/mol. The number of aliphatic hydroxyl groups excluding tert-OH is 1. The van der Waals surface area contributed by atoms with Gasteiger partial charge in [-0.05, 0) is 62.2 Å². The summed E-state index contributed by atoms with van der Waals surface area (Å²) in [5, 5.41) is 26.0. The Morgan fingerprint density at radius 1 is 1.19 bits per heavy atom. The highest BCUT2D eigenvalue weighted by Gasteiger charge is 2.21. The fourth-order valence-corrected chi connectivity index (χ4v) is 3.72. The molecule has 0 unspecified atom stereocenters. The standard InChI is InChI=1S/C28H27N5O3/c1-19-7-8-23(32-27(35)20-5-4-6-22(13-20)28(2,3)18-29)14-25(19)33-17-21(15-31-33)24-16-30-10-9-26(24)36-12-11-34/h4-10,13-17,34H,11-12H2,1-3H3,(H,32,35). The predicted octanol–water partition coefficient (Wildman–Crippen LogP) is 4.67. The number of nitrogens with one attached hydrogen (secondary N) is 1. The molecule has 4 rings (SSSR count). The Morgan fingerprint density at radius 2 is 2.03 bits per heavy atom. The van der Waals surface area contributed by atoms with Gasteiger partial charge in [0.1, 0.15) is 12.4 Å². The van der Waals surface area contributed by atoms with Crippen molar-refractivity contribution in [3.63, 3.8) is 0 Å². The Kier molecular flexibility index (Phi) is 7.13. The average Bonchev–Trinajstić information content (AvgIpc) is 3.38. The van der Waals surface area contributed by atoms with Crippen LogP contribution in [-0.4, -0.2) is 39.0 Å². The van der Waals surface area contributed by atoms with Gasteiger partial charge >= 0.3 is 0 Å². The van der Waals surface area contributed by atoms with Crippen LogP contribution in [-0.2, 0) is 5.41 Å². The molecule has 4 aromatic rings. The molecule has 0 saturated carbocycles. The van der Waals surface area contributed by atoms with Gasteiger partial charge in [-0.3, -0.25) is 9.78 Å². The first-order chi connectivity index (χ1) is 17.3. The number of aryl methyl sites for hydroxylation is 1. The van der Waals surface area contributed by atoms with E-state index in [-0.39, 0.29) is 19.1 Å². The van der Waals surface area contributed by atoms with Crippen LogP contribution in [0.25, 0.3) is 16.8 Å². The lowest BCUT2D eigenvalue weighted by molar-refractivity contribution is 0.102. The summed E-state index contributed by atoms with van der Waals surface area (Å²) in [6, 6.07) is 16.7. The maximum absolute atomic E-state index is 13.0. The van der Waals surface area contributed by atoms with Gasteiger partial charge in [0, 0.05) is 41.0 Å². The lowest BCUT2D eigenvalue weighted by atomic mass is 9.85. The number of anilines is 1. The first kappa shape index (κ1) is 24.6. The largest absolute Gasteiger partial charge is 0.490 e. The second-order valence-corrected chi connectivity index (χ2v) is 8.89. The number of nitrogens with zero attached hydrogens (tertiary/aromatic N) is 4. The normalized spacial score (nSPS) is 11.1. The number of pyridine rings is 1. The maximum atomic E-state index is 13.0. The minimum atomic E-state index is -0.692. The summed E-state index contributed by atoms with van der Waals surface area (Å²) in [5.41, 5.74) is 4.54. The summed E-state index contributed by atoms with van der Waals surface area (Å²) in [6.45, 7) is 5.71. The molecule has 8 nitrogen and oxygen atoms in total. The van der Waals surface area contributed by atoms with Crippen molar-refractivity contribution in [3.05, 3.63) is 90.0 Å². The number of nitriles is 1. The smallest absolute Gasteiger partial charge is 0.255 e. The number of hydrogen-bond donors (Lipinski definition) is 2. The van der Waals surface area contributed by atoms with Crippen molar-refractivity contribution in [2.75, 3.05) is 18.5 Å². The molecule has 182 valence electrons. The Morgan fingerprint density at radius 3 is 2.81 bits per heavy atom. The molecule has 2 heterocycles. The maximum Gasteiger partial charge on any atom is 0.255 e. The SMILES string of the molecule is Cc1ccc(NC(=O)c2cccc(C(C)(C)C#N)c2)cc1-n1cc(-c2cnccc2OCCO)cn1. The second-order valence-electron chi connectivity index (χ2n) is 8.89. The summed E-state index contributed by atoms with van der Waals surface area (Å²) >= 11 is 0. The van der Waals surface area contributed by atoms with E-state index in [1.54, 1.807) is 47.5 Å². The molecule has 0 radical (unpaired) electrons. The second kappa shape index (κ2) is 10.4. The Bertz CT molecular complexity index is 1440. The van der Waals surface area contributed by atoms with Gasteiger partial charge in [0.25, 0.3) is 5.91 Å². The zero-order chi connectivity index (χ0) is 25.7. The van der Waals surface area contributed by atoms with Crippen LogP contribution in [0.3, 0.4) is 0 Å². The predicted molar refractivity (Wildman–Crippen MR) is 137 cm³/mol. The van der Waals surface area contributed by atoms with Crippen molar-refractivity contribution in [1.29, 1.82) is 5.26 Å². The number of rotatable bonds is 8. The lowest BCUT2D eigenvalue weighted by Gasteiger charge is -2.16. The minimum absolute atomic E-state index is 0.0842. The molecule has 8 heteroatoms. The van der Waals surface area contributed by atoms with Gasteiger partial charge in [0.05, 0.1) is 30.0 Å². The van der Waals surface area contributed by atoms with Gasteiger partial charge in [0.15, 0.2) is 0 Å². The van der Waals surface area contributed by atoms with E-state index < -0.39 is 5.41 Å². The van der Waals surface area contributed by atoms with Crippen molar-refractivity contribution in [3.8, 4) is 28.6 Å². The van der Waals surface area contributed by atoms with Crippen LogP contribution in [0.2, 0.25) is 0 Å². The van der Waals surface area contributed by atoms with E-state index in [2.05, 4.69) is 21.5 Å². The fourth-order valence-electron chi connectivity index (χ4n) is 3.72. The molecule has 1 amide bonds. The molecule has 2 aromatic carbocycles. The van der Waals surface area contributed by atoms with Crippen molar-refractivity contribution >= 4 is 11.6 Å². The Hall–Kier alpha value is -4.48. The zero-order valence-electron chi connectivity index (χ0n) is 20.4. The van der Waals surface area contributed by atoms with Gasteiger partial charge in [-0.25, -0.2) is 4.68 Å². The van der Waals surface area contributed by atoms with Crippen molar-refractivity contribution in [1.82, 2.24) is 14.8 Å². The molecule has 2 N–H and O–H groups in total. The van der Waals surface area contributed by atoms with Gasteiger partial charge < -0.3 is 15.2 Å². The van der Waals surface area contributed by atoms with Crippen LogP contribution in [0.4, 0.5) is 5.69 Å². The summed E-state index contributed by atoms with van der Waals surface area (Å²) in [6.07, 6.45) is 6.91. The van der Waals surface area contributed by atoms with Crippen LogP contribution >= 0.6 is 0 Å². The third-order valence-electron chi connectivity index (χ3n) is 5.86. The number of ether oxygens (including phenoxy) is 1. The number of amides is 1. The third-order valence-corrected chi connectivity index (χ3v) is 5.86. The van der Waals surface area contributed by atoms with Gasteiger partial charge in [-0.1, -0.05) is 18.2 Å². The molecule has 0 saturated heterocycles. The topological polar surface area (TPSA) is 113 Å². The van der Waals surface area contributed by atoms with Crippen molar-refractivity contribution < 1.29 is 14.6 Å². The van der Waals surface area contributed by atoms with Crippen LogP contribution in [0.5, 0.6) is 5.75 Å². The molecule has 0 atom stereocenters. The molecular formula is C28H27N5O3. The van der Waals surface area contributed by atoms with Gasteiger partial charge in [-0.15, -0.1) is 0 Å². The van der Waals surface area contributed by atoms with E-state index in [0.717, 1.165) is 27.9 Å². The molecule has 0 aliphatic carbocycles. The van der Waals surface area contributed by atoms with Crippen molar-refractivity contribution in [2.24, 2.45) is 0 Å². The van der Waals surface area contributed by atoms with Crippen LogP contribution in [0, 0.1) is 18.3 Å². The molecule has 0 spiro atoms. The number of carbonyl (C=O) groups is 1.